The number of hydrogen-bond donors (Lipinski definition) is 1. The highest BCUT2D eigenvalue weighted by atomic mass is 16.5. The minimum absolute atomic E-state index is 0.0631. The number of amidine groups is 1. The van der Waals surface area contributed by atoms with Crippen molar-refractivity contribution in [1.29, 1.82) is 0 Å². The first-order chi connectivity index (χ1) is 14.0. The molecule has 2 aliphatic heterocycles. The Hall–Kier alpha value is -3.31. The van der Waals surface area contributed by atoms with Crippen molar-refractivity contribution >= 4 is 23.8 Å². The van der Waals surface area contributed by atoms with Crippen molar-refractivity contribution in [3.05, 3.63) is 35.9 Å². The quantitative estimate of drug-likeness (QED) is 0.696. The Balaban J connectivity index is 1.89. The minimum Gasteiger partial charge on any atom is -0.497 e. The topological polar surface area (TPSA) is 85.7 Å². The molecule has 1 aromatic carbocycles. The van der Waals surface area contributed by atoms with Crippen LogP contribution in [0.25, 0.3) is 6.08 Å². The molecule has 1 aromatic rings. The average Bonchev–Trinajstić information content (AvgIpc) is 3.06. The van der Waals surface area contributed by atoms with Gasteiger partial charge < -0.3 is 14.7 Å². The van der Waals surface area contributed by atoms with E-state index in [4.69, 9.17) is 11.2 Å². The van der Waals surface area contributed by atoms with Crippen LogP contribution >= 0.6 is 0 Å². The monoisotopic (exact) mass is 396 g/mol. The number of aliphatic imine (C=N–C) groups is 1. The molecule has 8 heteroatoms. The maximum absolute atomic E-state index is 12.9. The largest absolute Gasteiger partial charge is 0.497 e. The van der Waals surface area contributed by atoms with Crippen molar-refractivity contribution in [1.82, 2.24) is 14.7 Å². The lowest BCUT2D eigenvalue weighted by Gasteiger charge is -2.41. The first-order valence-electron chi connectivity index (χ1n) is 9.31. The van der Waals surface area contributed by atoms with E-state index >= 15 is 0 Å². The zero-order valence-electron chi connectivity index (χ0n) is 16.5. The van der Waals surface area contributed by atoms with E-state index in [0.717, 1.165) is 16.2 Å². The number of terminal acetylenes is 1. The molecule has 2 unspecified atom stereocenters. The number of carbonyl (C=O) groups is 2. The summed E-state index contributed by atoms with van der Waals surface area (Å²) in [5.74, 6) is 3.32. The summed E-state index contributed by atoms with van der Waals surface area (Å²) >= 11 is 0. The van der Waals surface area contributed by atoms with Crippen molar-refractivity contribution in [2.24, 2.45) is 4.99 Å². The molecule has 3 rings (SSSR count). The number of likely N-dealkylation sites (N-methyl/N-ethyl adjacent to an activating group) is 1. The van der Waals surface area contributed by atoms with Gasteiger partial charge in [-0.3, -0.25) is 14.6 Å². The van der Waals surface area contributed by atoms with Gasteiger partial charge in [0, 0.05) is 20.2 Å². The molecule has 1 N–H and O–H groups in total. The Morgan fingerprint density at radius 2 is 2.14 bits per heavy atom. The molecule has 1 saturated heterocycles. The van der Waals surface area contributed by atoms with Crippen molar-refractivity contribution in [2.45, 2.75) is 18.6 Å². The third kappa shape index (κ3) is 3.96. The Morgan fingerprint density at radius 1 is 1.34 bits per heavy atom. The van der Waals surface area contributed by atoms with E-state index in [0.29, 0.717) is 12.3 Å². The van der Waals surface area contributed by atoms with E-state index in [2.05, 4.69) is 10.9 Å². The SMILES string of the molecule is C#CCN1C(=O)C2C(N=C(/C=C/c3cccc(OC)c3)N2C)N(CCCO)C1=O. The van der Waals surface area contributed by atoms with E-state index in [1.165, 1.54) is 4.90 Å². The molecule has 1 fully saturated rings. The van der Waals surface area contributed by atoms with Crippen LogP contribution in [0.1, 0.15) is 12.0 Å². The molecule has 0 aromatic heterocycles. The molecule has 2 atom stereocenters. The number of nitrogens with zero attached hydrogens (tertiary/aromatic N) is 4. The molecule has 152 valence electrons. The molecule has 0 aliphatic carbocycles. The summed E-state index contributed by atoms with van der Waals surface area (Å²) in [5, 5.41) is 9.18. The van der Waals surface area contributed by atoms with Crippen LogP contribution < -0.4 is 4.74 Å². The van der Waals surface area contributed by atoms with Gasteiger partial charge >= 0.3 is 6.03 Å². The van der Waals surface area contributed by atoms with Crippen LogP contribution in [0.15, 0.2) is 35.3 Å². The van der Waals surface area contributed by atoms with E-state index in [1.807, 2.05) is 30.3 Å². The Labute approximate surface area is 170 Å². The predicted octanol–water partition coefficient (Wildman–Crippen LogP) is 1.03. The lowest BCUT2D eigenvalue weighted by atomic mass is 10.1. The Morgan fingerprint density at radius 3 is 2.83 bits per heavy atom. The molecular weight excluding hydrogens is 372 g/mol. The van der Waals surface area contributed by atoms with Crippen LogP contribution in [0.5, 0.6) is 5.75 Å². The number of aliphatic hydroxyl groups is 1. The molecule has 2 aliphatic rings. The van der Waals surface area contributed by atoms with Gasteiger partial charge in [0.15, 0.2) is 12.2 Å². The summed E-state index contributed by atoms with van der Waals surface area (Å²) in [6, 6.07) is 6.43. The predicted molar refractivity (Wildman–Crippen MR) is 109 cm³/mol. The van der Waals surface area contributed by atoms with Gasteiger partial charge in [0.05, 0.1) is 13.7 Å². The maximum atomic E-state index is 12.9. The second kappa shape index (κ2) is 8.80. The first-order valence-corrected chi connectivity index (χ1v) is 9.31. The Bertz CT molecular complexity index is 889. The molecule has 0 spiro atoms. The smallest absolute Gasteiger partial charge is 0.329 e. The molecular formula is C21H24N4O4. The molecule has 2 heterocycles. The second-order valence-electron chi connectivity index (χ2n) is 6.75. The van der Waals surface area contributed by atoms with Gasteiger partial charge in [0.25, 0.3) is 5.91 Å². The molecule has 0 bridgehead atoms. The summed E-state index contributed by atoms with van der Waals surface area (Å²) < 4.78 is 5.23. The normalized spacial score (nSPS) is 21.4. The molecule has 29 heavy (non-hydrogen) atoms. The first kappa shape index (κ1) is 20.4. The number of amides is 3. The maximum Gasteiger partial charge on any atom is 0.329 e. The standard InChI is InChI=1S/C21H24N4O4/c1-4-11-25-20(27)18-19(24(21(25)28)12-6-13-26)22-17(23(18)2)10-9-15-7-5-8-16(14-15)29-3/h1,5,7-10,14,18-19,26H,6,11-13H2,2-3H3/b10-9+. The van der Waals surface area contributed by atoms with Crippen molar-refractivity contribution < 1.29 is 19.4 Å². The number of benzene rings is 1. The summed E-state index contributed by atoms with van der Waals surface area (Å²) in [6.45, 7) is 0.126. The van der Waals surface area contributed by atoms with E-state index in [1.54, 1.807) is 25.1 Å². The van der Waals surface area contributed by atoms with Crippen LogP contribution in [-0.4, -0.2) is 83.6 Å². The van der Waals surface area contributed by atoms with Crippen LogP contribution in [0, 0.1) is 12.3 Å². The minimum atomic E-state index is -0.648. The molecule has 8 nitrogen and oxygen atoms in total. The summed E-state index contributed by atoms with van der Waals surface area (Å²) in [5.41, 5.74) is 0.920. The van der Waals surface area contributed by atoms with Crippen molar-refractivity contribution in [3.63, 3.8) is 0 Å². The lowest BCUT2D eigenvalue weighted by molar-refractivity contribution is -0.136. The average molecular weight is 396 g/mol. The third-order valence-corrected chi connectivity index (χ3v) is 4.97. The van der Waals surface area contributed by atoms with E-state index in [-0.39, 0.29) is 25.6 Å². The number of imide groups is 1. The van der Waals surface area contributed by atoms with Crippen LogP contribution in [0.2, 0.25) is 0 Å². The van der Waals surface area contributed by atoms with Gasteiger partial charge in [-0.05, 0) is 30.2 Å². The molecule has 3 amide bonds. The van der Waals surface area contributed by atoms with Crippen LogP contribution in [0.3, 0.4) is 0 Å². The van der Waals surface area contributed by atoms with Gasteiger partial charge in [-0.25, -0.2) is 9.79 Å². The summed E-state index contributed by atoms with van der Waals surface area (Å²) in [4.78, 5) is 34.6. The van der Waals surface area contributed by atoms with Gasteiger partial charge in [-0.2, -0.15) is 0 Å². The number of methoxy groups -OCH3 is 1. The highest BCUT2D eigenvalue weighted by Gasteiger charge is 2.51. The number of rotatable bonds is 7. The van der Waals surface area contributed by atoms with Crippen molar-refractivity contribution in [3.8, 4) is 18.1 Å². The fraction of sp³-hybridized carbons (Fsp3) is 0.381. The van der Waals surface area contributed by atoms with Gasteiger partial charge in [0.1, 0.15) is 11.6 Å². The second-order valence-corrected chi connectivity index (χ2v) is 6.75. The van der Waals surface area contributed by atoms with E-state index in [9.17, 15) is 14.7 Å². The number of ether oxygens (including phenoxy) is 1. The number of hydrogen-bond acceptors (Lipinski definition) is 6. The number of fused-ring (bicyclic) bond motifs is 1. The van der Waals surface area contributed by atoms with E-state index < -0.39 is 18.2 Å². The molecule has 0 radical (unpaired) electrons. The number of carbonyl (C=O) groups excluding carboxylic acids is 2. The third-order valence-electron chi connectivity index (χ3n) is 4.97. The van der Waals surface area contributed by atoms with Gasteiger partial charge in [-0.15, -0.1) is 6.42 Å². The van der Waals surface area contributed by atoms with Crippen molar-refractivity contribution in [2.75, 3.05) is 33.9 Å². The van der Waals surface area contributed by atoms with Crippen LogP contribution in [-0.2, 0) is 4.79 Å². The zero-order chi connectivity index (χ0) is 21.0. The molecule has 0 saturated carbocycles. The highest BCUT2D eigenvalue weighted by Crippen LogP contribution is 2.28. The summed E-state index contributed by atoms with van der Waals surface area (Å²) in [6.07, 6.45) is 8.77. The zero-order valence-corrected chi connectivity index (χ0v) is 16.5. The fourth-order valence-electron chi connectivity index (χ4n) is 3.48. The highest BCUT2D eigenvalue weighted by molar-refractivity contribution is 6.07. The Kier molecular flexibility index (Phi) is 6.20. The van der Waals surface area contributed by atoms with Gasteiger partial charge in [-0.1, -0.05) is 24.1 Å². The fourth-order valence-corrected chi connectivity index (χ4v) is 3.48. The van der Waals surface area contributed by atoms with Gasteiger partial charge in [0.2, 0.25) is 0 Å². The number of aliphatic hydroxyl groups excluding tert-OH is 1. The number of urea groups is 1. The lowest BCUT2D eigenvalue weighted by Crippen LogP contribution is -2.65. The summed E-state index contributed by atoms with van der Waals surface area (Å²) in [7, 11) is 3.37. The van der Waals surface area contributed by atoms with Crippen LogP contribution in [0.4, 0.5) is 4.79 Å².